The molecule has 6 nitrogen and oxygen atoms in total. The number of alkyl halides is 3. The molecule has 5 rings (SSSR count). The van der Waals surface area contributed by atoms with Gasteiger partial charge in [-0.3, -0.25) is 4.79 Å². The number of nitrogens with zero attached hydrogens (tertiary/aromatic N) is 5. The second-order valence-corrected chi connectivity index (χ2v) is 7.84. The van der Waals surface area contributed by atoms with Crippen LogP contribution < -0.4 is 0 Å². The molecular formula is C21H20F3N5O. The number of carbonyl (C=O) groups excluding carboxylic acids is 1. The summed E-state index contributed by atoms with van der Waals surface area (Å²) in [4.78, 5) is 21.1. The fourth-order valence-electron chi connectivity index (χ4n) is 4.29. The lowest BCUT2D eigenvalue weighted by atomic mass is 9.88. The van der Waals surface area contributed by atoms with E-state index < -0.39 is 11.9 Å². The van der Waals surface area contributed by atoms with Crippen LogP contribution in [-0.4, -0.2) is 63.5 Å². The molecule has 0 radical (unpaired) electrons. The van der Waals surface area contributed by atoms with Crippen LogP contribution in [0.25, 0.3) is 16.9 Å². The Bertz CT molecular complexity index is 1150. The van der Waals surface area contributed by atoms with Crippen LogP contribution in [0.3, 0.4) is 0 Å². The van der Waals surface area contributed by atoms with Gasteiger partial charge in [0.2, 0.25) is 0 Å². The van der Waals surface area contributed by atoms with Crippen molar-refractivity contribution in [3.05, 3.63) is 52.8 Å². The van der Waals surface area contributed by atoms with E-state index in [0.717, 1.165) is 23.2 Å². The summed E-state index contributed by atoms with van der Waals surface area (Å²) in [6.07, 6.45) is -3.88. The Labute approximate surface area is 170 Å². The summed E-state index contributed by atoms with van der Waals surface area (Å²) in [5.74, 6) is -0.361. The van der Waals surface area contributed by atoms with Crippen LogP contribution in [0.4, 0.5) is 13.2 Å². The van der Waals surface area contributed by atoms with Gasteiger partial charge in [0.05, 0.1) is 5.69 Å². The average Bonchev–Trinajstić information content (AvgIpc) is 3.14. The van der Waals surface area contributed by atoms with Crippen molar-refractivity contribution < 1.29 is 18.0 Å². The smallest absolute Gasteiger partial charge is 0.335 e. The normalized spacial score (nSPS) is 17.1. The minimum Gasteiger partial charge on any atom is -0.335 e. The maximum atomic E-state index is 14.1. The summed E-state index contributed by atoms with van der Waals surface area (Å²) in [5, 5.41) is 4.07. The molecule has 1 aromatic carbocycles. The average molecular weight is 415 g/mol. The third kappa shape index (κ3) is 3.04. The minimum absolute atomic E-state index is 0.00631. The van der Waals surface area contributed by atoms with E-state index in [1.165, 1.54) is 6.07 Å². The molecule has 3 heterocycles. The lowest BCUT2D eigenvalue weighted by Crippen LogP contribution is -2.47. The molecule has 30 heavy (non-hydrogen) atoms. The molecule has 1 amide bonds. The fraction of sp³-hybridized carbons (Fsp3) is 0.381. The van der Waals surface area contributed by atoms with Crippen LogP contribution in [0.15, 0.2) is 30.3 Å². The van der Waals surface area contributed by atoms with Gasteiger partial charge >= 0.3 is 6.18 Å². The lowest BCUT2D eigenvalue weighted by Gasteiger charge is -2.31. The molecule has 0 bridgehead atoms. The fourth-order valence-corrected chi connectivity index (χ4v) is 4.29. The highest BCUT2D eigenvalue weighted by Crippen LogP contribution is 2.40. The first kappa shape index (κ1) is 19.0. The molecule has 2 aromatic heterocycles. The first-order valence-corrected chi connectivity index (χ1v) is 9.89. The molecule has 156 valence electrons. The number of aryl methyl sites for hydroxylation is 1. The van der Waals surface area contributed by atoms with Gasteiger partial charge in [-0.15, -0.1) is 0 Å². The molecule has 0 saturated carbocycles. The van der Waals surface area contributed by atoms with Crippen molar-refractivity contribution in [1.82, 2.24) is 24.4 Å². The molecule has 1 fully saturated rings. The molecule has 0 atom stereocenters. The minimum atomic E-state index is -4.61. The number of aromatic nitrogens is 3. The zero-order chi connectivity index (χ0) is 21.0. The summed E-state index contributed by atoms with van der Waals surface area (Å²) in [6.45, 7) is 2.48. The summed E-state index contributed by atoms with van der Waals surface area (Å²) in [6, 6.07) is 8.75. The third-order valence-electron chi connectivity index (χ3n) is 5.90. The van der Waals surface area contributed by atoms with Crippen molar-refractivity contribution in [2.75, 3.05) is 33.2 Å². The number of benzene rings is 1. The summed E-state index contributed by atoms with van der Waals surface area (Å²) < 4.78 is 43.1. The SMILES string of the molecule is CN1CCN(C(=O)c2cc3nc4c(c(C(F)(F)F)n3n2)CCc2ccccc2-4)CC1. The third-order valence-corrected chi connectivity index (χ3v) is 5.90. The highest BCUT2D eigenvalue weighted by atomic mass is 19.4. The molecule has 1 aliphatic heterocycles. The van der Waals surface area contributed by atoms with E-state index in [-0.39, 0.29) is 29.2 Å². The van der Waals surface area contributed by atoms with Crippen molar-refractivity contribution in [2.24, 2.45) is 0 Å². The Hall–Kier alpha value is -2.94. The molecule has 1 saturated heterocycles. The highest BCUT2D eigenvalue weighted by Gasteiger charge is 2.40. The van der Waals surface area contributed by atoms with Gasteiger partial charge in [-0.05, 0) is 25.5 Å². The zero-order valence-electron chi connectivity index (χ0n) is 16.4. The molecule has 3 aromatic rings. The van der Waals surface area contributed by atoms with Crippen molar-refractivity contribution in [3.63, 3.8) is 0 Å². The first-order chi connectivity index (χ1) is 14.3. The van der Waals surface area contributed by atoms with Crippen LogP contribution in [0.5, 0.6) is 0 Å². The molecule has 0 unspecified atom stereocenters. The van der Waals surface area contributed by atoms with Gasteiger partial charge in [0, 0.05) is 43.4 Å². The molecule has 1 aliphatic carbocycles. The Balaban J connectivity index is 1.66. The summed E-state index contributed by atoms with van der Waals surface area (Å²) >= 11 is 0. The lowest BCUT2D eigenvalue weighted by molar-refractivity contribution is -0.143. The molecule has 2 aliphatic rings. The van der Waals surface area contributed by atoms with Gasteiger partial charge in [-0.1, -0.05) is 24.3 Å². The number of rotatable bonds is 1. The molecule has 9 heteroatoms. The van der Waals surface area contributed by atoms with Crippen LogP contribution >= 0.6 is 0 Å². The monoisotopic (exact) mass is 415 g/mol. The van der Waals surface area contributed by atoms with Crippen molar-refractivity contribution >= 4 is 11.6 Å². The number of amides is 1. The van der Waals surface area contributed by atoms with Gasteiger partial charge in [0.1, 0.15) is 0 Å². The van der Waals surface area contributed by atoms with Crippen LogP contribution in [0.1, 0.15) is 27.3 Å². The Morgan fingerprint density at radius 3 is 2.53 bits per heavy atom. The Morgan fingerprint density at radius 1 is 1.07 bits per heavy atom. The van der Waals surface area contributed by atoms with Gasteiger partial charge < -0.3 is 9.80 Å². The van der Waals surface area contributed by atoms with E-state index >= 15 is 0 Å². The standard InChI is InChI=1S/C21H20F3N5O/c1-27-8-10-28(11-9-27)20(30)16-12-17-25-18-14-5-3-2-4-13(14)6-7-15(18)19(21(22,23)24)29(17)26-16/h2-5,12H,6-11H2,1H3. The number of piperazine rings is 1. The van der Waals surface area contributed by atoms with Crippen molar-refractivity contribution in [1.29, 1.82) is 0 Å². The maximum Gasteiger partial charge on any atom is 0.433 e. The predicted octanol–water partition coefficient (Wildman–Crippen LogP) is 2.90. The highest BCUT2D eigenvalue weighted by molar-refractivity contribution is 5.93. The zero-order valence-corrected chi connectivity index (χ0v) is 16.4. The summed E-state index contributed by atoms with van der Waals surface area (Å²) in [7, 11) is 1.97. The van der Waals surface area contributed by atoms with Crippen LogP contribution in [0, 0.1) is 0 Å². The van der Waals surface area contributed by atoms with E-state index in [9.17, 15) is 18.0 Å². The van der Waals surface area contributed by atoms with E-state index in [1.54, 1.807) is 17.0 Å². The topological polar surface area (TPSA) is 53.7 Å². The number of hydrogen-bond donors (Lipinski definition) is 0. The summed E-state index contributed by atoms with van der Waals surface area (Å²) in [5.41, 5.74) is 1.34. The second-order valence-electron chi connectivity index (χ2n) is 7.84. The van der Waals surface area contributed by atoms with E-state index in [1.807, 2.05) is 19.2 Å². The van der Waals surface area contributed by atoms with Gasteiger partial charge in [-0.2, -0.15) is 18.3 Å². The molecular weight excluding hydrogens is 395 g/mol. The van der Waals surface area contributed by atoms with Crippen LogP contribution in [-0.2, 0) is 19.0 Å². The number of fused-ring (bicyclic) bond motifs is 4. The number of carbonyl (C=O) groups is 1. The van der Waals surface area contributed by atoms with E-state index in [4.69, 9.17) is 0 Å². The number of hydrogen-bond acceptors (Lipinski definition) is 4. The van der Waals surface area contributed by atoms with Gasteiger partial charge in [0.15, 0.2) is 17.0 Å². The molecule has 0 N–H and O–H groups in total. The van der Waals surface area contributed by atoms with Crippen molar-refractivity contribution in [2.45, 2.75) is 19.0 Å². The van der Waals surface area contributed by atoms with Gasteiger partial charge in [-0.25, -0.2) is 9.50 Å². The predicted molar refractivity (Wildman–Crippen MR) is 104 cm³/mol. The van der Waals surface area contributed by atoms with Crippen LogP contribution in [0.2, 0.25) is 0 Å². The molecule has 0 spiro atoms. The number of halogens is 3. The van der Waals surface area contributed by atoms with E-state index in [2.05, 4.69) is 15.0 Å². The van der Waals surface area contributed by atoms with Gasteiger partial charge in [0.25, 0.3) is 5.91 Å². The largest absolute Gasteiger partial charge is 0.433 e. The first-order valence-electron chi connectivity index (χ1n) is 9.89. The van der Waals surface area contributed by atoms with E-state index in [0.29, 0.717) is 30.8 Å². The second kappa shape index (κ2) is 6.80. The quantitative estimate of drug-likeness (QED) is 0.613. The maximum absolute atomic E-state index is 14.1. The van der Waals surface area contributed by atoms with Crippen molar-refractivity contribution in [3.8, 4) is 11.3 Å². The Morgan fingerprint density at radius 2 is 1.80 bits per heavy atom. The Kier molecular flexibility index (Phi) is 4.32. The number of likely N-dealkylation sites (N-methyl/N-ethyl adjacent to an activating group) is 1.